The summed E-state index contributed by atoms with van der Waals surface area (Å²) in [6.45, 7) is 4.83. The number of rotatable bonds is 4. The highest BCUT2D eigenvalue weighted by Crippen LogP contribution is 2.12. The van der Waals surface area contributed by atoms with Crippen molar-refractivity contribution in [2.75, 3.05) is 7.11 Å². The van der Waals surface area contributed by atoms with Gasteiger partial charge in [-0.3, -0.25) is 4.79 Å². The summed E-state index contributed by atoms with van der Waals surface area (Å²) < 4.78 is 6.52. The summed E-state index contributed by atoms with van der Waals surface area (Å²) in [6.07, 6.45) is 2.58. The predicted octanol–water partition coefficient (Wildman–Crippen LogP) is 1.77. The van der Waals surface area contributed by atoms with Crippen LogP contribution < -0.4 is 10.3 Å². The van der Waals surface area contributed by atoms with Crippen molar-refractivity contribution in [1.82, 2.24) is 4.57 Å². The number of nitrogens with zero attached hydrogens (tertiary/aromatic N) is 2. The molecule has 0 bridgehead atoms. The van der Waals surface area contributed by atoms with E-state index < -0.39 is 0 Å². The molecule has 0 aliphatic carbocycles. The molecule has 1 aromatic heterocycles. The van der Waals surface area contributed by atoms with Gasteiger partial charge in [0, 0.05) is 12.7 Å². The molecule has 0 saturated carbocycles. The van der Waals surface area contributed by atoms with Crippen molar-refractivity contribution < 1.29 is 4.74 Å². The molecule has 1 aromatic rings. The van der Waals surface area contributed by atoms with Crippen LogP contribution in [0.1, 0.15) is 25.8 Å². The highest BCUT2D eigenvalue weighted by Gasteiger charge is 2.09. The number of ether oxygens (including phenoxy) is 1. The highest BCUT2D eigenvalue weighted by molar-refractivity contribution is 5.40. The minimum atomic E-state index is -0.275. The number of pyridine rings is 1. The Hall–Kier alpha value is -1.76. The van der Waals surface area contributed by atoms with Crippen LogP contribution in [0.2, 0.25) is 0 Å². The molecule has 0 N–H and O–H groups in total. The molecular weight excluding hydrogens is 204 g/mol. The van der Waals surface area contributed by atoms with Crippen LogP contribution in [-0.2, 0) is 6.54 Å². The number of methoxy groups -OCH3 is 1. The fourth-order valence-corrected chi connectivity index (χ4v) is 1.40. The molecule has 0 spiro atoms. The third-order valence-electron chi connectivity index (χ3n) is 2.41. The van der Waals surface area contributed by atoms with Gasteiger partial charge in [0.2, 0.25) is 0 Å². The second-order valence-electron chi connectivity index (χ2n) is 4.05. The van der Waals surface area contributed by atoms with Crippen molar-refractivity contribution in [3.8, 4) is 11.8 Å². The third kappa shape index (κ3) is 2.63. The molecule has 0 aliphatic rings. The van der Waals surface area contributed by atoms with Gasteiger partial charge in [-0.1, -0.05) is 13.8 Å². The second kappa shape index (κ2) is 5.36. The molecule has 0 amide bonds. The van der Waals surface area contributed by atoms with Crippen LogP contribution in [-0.4, -0.2) is 11.7 Å². The van der Waals surface area contributed by atoms with Crippen molar-refractivity contribution >= 4 is 0 Å². The first-order chi connectivity index (χ1) is 7.60. The molecule has 0 aliphatic heterocycles. The largest absolute Gasteiger partial charge is 0.495 e. The van der Waals surface area contributed by atoms with Gasteiger partial charge in [0.25, 0.3) is 5.56 Å². The Morgan fingerprint density at radius 2 is 2.25 bits per heavy atom. The molecule has 16 heavy (non-hydrogen) atoms. The van der Waals surface area contributed by atoms with Crippen LogP contribution in [0.3, 0.4) is 0 Å². The average molecular weight is 220 g/mol. The molecule has 0 aromatic carbocycles. The molecule has 0 atom stereocenters. The normalized spacial score (nSPS) is 10.2. The van der Waals surface area contributed by atoms with Gasteiger partial charge in [0.05, 0.1) is 7.11 Å². The number of hydrogen-bond donors (Lipinski definition) is 0. The lowest BCUT2D eigenvalue weighted by molar-refractivity contribution is 0.409. The predicted molar refractivity (Wildman–Crippen MR) is 61.4 cm³/mol. The highest BCUT2D eigenvalue weighted by atomic mass is 16.5. The van der Waals surface area contributed by atoms with Gasteiger partial charge in [-0.2, -0.15) is 5.26 Å². The lowest BCUT2D eigenvalue weighted by Gasteiger charge is -2.09. The minimum Gasteiger partial charge on any atom is -0.495 e. The maximum absolute atomic E-state index is 11.9. The van der Waals surface area contributed by atoms with Crippen LogP contribution in [0, 0.1) is 17.2 Å². The Morgan fingerprint density at radius 3 is 2.75 bits per heavy atom. The lowest BCUT2D eigenvalue weighted by atomic mass is 10.1. The van der Waals surface area contributed by atoms with Crippen LogP contribution >= 0.6 is 0 Å². The number of aromatic nitrogens is 1. The van der Waals surface area contributed by atoms with Crippen LogP contribution in [0.4, 0.5) is 0 Å². The maximum atomic E-state index is 11.9. The van der Waals surface area contributed by atoms with Gasteiger partial charge in [-0.05, 0) is 18.4 Å². The van der Waals surface area contributed by atoms with Crippen molar-refractivity contribution in [1.29, 1.82) is 5.26 Å². The van der Waals surface area contributed by atoms with Crippen molar-refractivity contribution in [2.45, 2.75) is 26.8 Å². The molecule has 0 fully saturated rings. The topological polar surface area (TPSA) is 55.0 Å². The van der Waals surface area contributed by atoms with E-state index in [0.29, 0.717) is 18.2 Å². The molecule has 1 rings (SSSR count). The number of hydrogen-bond acceptors (Lipinski definition) is 3. The Morgan fingerprint density at radius 1 is 1.56 bits per heavy atom. The first-order valence-corrected chi connectivity index (χ1v) is 5.27. The van der Waals surface area contributed by atoms with E-state index in [2.05, 4.69) is 13.8 Å². The summed E-state index contributed by atoms with van der Waals surface area (Å²) in [4.78, 5) is 11.9. The molecule has 4 heteroatoms. The molecular formula is C12H16N2O2. The average Bonchev–Trinajstić information content (AvgIpc) is 2.26. The molecule has 1 heterocycles. The molecule has 4 nitrogen and oxygen atoms in total. The summed E-state index contributed by atoms with van der Waals surface area (Å²) in [7, 11) is 1.45. The van der Waals surface area contributed by atoms with Crippen LogP contribution in [0.25, 0.3) is 0 Å². The molecule has 0 radical (unpaired) electrons. The van der Waals surface area contributed by atoms with E-state index in [-0.39, 0.29) is 11.1 Å². The van der Waals surface area contributed by atoms with Gasteiger partial charge in [0.1, 0.15) is 11.8 Å². The summed E-state index contributed by atoms with van der Waals surface area (Å²) in [5.41, 5.74) is -0.198. The first kappa shape index (κ1) is 12.3. The van der Waals surface area contributed by atoms with Crippen LogP contribution in [0.15, 0.2) is 17.1 Å². The monoisotopic (exact) mass is 220 g/mol. The van der Waals surface area contributed by atoms with E-state index in [9.17, 15) is 4.79 Å². The SMILES string of the molecule is COc1ccn(CCC(C)C)c(=O)c1C#N. The van der Waals surface area contributed by atoms with Crippen molar-refractivity contribution in [3.05, 3.63) is 28.2 Å². The Kier molecular flexibility index (Phi) is 4.12. The smallest absolute Gasteiger partial charge is 0.272 e. The van der Waals surface area contributed by atoms with E-state index in [4.69, 9.17) is 10.00 Å². The third-order valence-corrected chi connectivity index (χ3v) is 2.41. The fourth-order valence-electron chi connectivity index (χ4n) is 1.40. The van der Waals surface area contributed by atoms with E-state index in [1.807, 2.05) is 6.07 Å². The van der Waals surface area contributed by atoms with E-state index in [1.165, 1.54) is 7.11 Å². The van der Waals surface area contributed by atoms with Crippen molar-refractivity contribution in [3.63, 3.8) is 0 Å². The van der Waals surface area contributed by atoms with E-state index in [1.54, 1.807) is 16.8 Å². The minimum absolute atomic E-state index is 0.0776. The van der Waals surface area contributed by atoms with Gasteiger partial charge in [0.15, 0.2) is 5.56 Å². The van der Waals surface area contributed by atoms with Gasteiger partial charge >= 0.3 is 0 Å². The first-order valence-electron chi connectivity index (χ1n) is 5.27. The van der Waals surface area contributed by atoms with Crippen LogP contribution in [0.5, 0.6) is 5.75 Å². The Labute approximate surface area is 95.1 Å². The van der Waals surface area contributed by atoms with E-state index >= 15 is 0 Å². The Bertz CT molecular complexity index is 455. The number of aryl methyl sites for hydroxylation is 1. The summed E-state index contributed by atoms with van der Waals surface area (Å²) in [5.74, 6) is 0.868. The molecule has 0 saturated heterocycles. The zero-order valence-electron chi connectivity index (χ0n) is 9.86. The quantitative estimate of drug-likeness (QED) is 0.777. The van der Waals surface area contributed by atoms with E-state index in [0.717, 1.165) is 6.42 Å². The summed E-state index contributed by atoms with van der Waals surface area (Å²) >= 11 is 0. The van der Waals surface area contributed by atoms with Gasteiger partial charge < -0.3 is 9.30 Å². The summed E-state index contributed by atoms with van der Waals surface area (Å²) in [6, 6.07) is 3.54. The summed E-state index contributed by atoms with van der Waals surface area (Å²) in [5, 5.41) is 8.89. The van der Waals surface area contributed by atoms with Gasteiger partial charge in [-0.15, -0.1) is 0 Å². The van der Waals surface area contributed by atoms with Gasteiger partial charge in [-0.25, -0.2) is 0 Å². The lowest BCUT2D eigenvalue weighted by Crippen LogP contribution is -2.23. The number of nitriles is 1. The van der Waals surface area contributed by atoms with Crippen molar-refractivity contribution in [2.24, 2.45) is 5.92 Å². The maximum Gasteiger partial charge on any atom is 0.272 e. The molecule has 86 valence electrons. The standard InChI is InChI=1S/C12H16N2O2/c1-9(2)4-6-14-7-5-11(16-3)10(8-13)12(14)15/h5,7,9H,4,6H2,1-3H3. The zero-order valence-corrected chi connectivity index (χ0v) is 9.86. The zero-order chi connectivity index (χ0) is 12.1. The Balaban J connectivity index is 3.06. The second-order valence-corrected chi connectivity index (χ2v) is 4.05. The molecule has 0 unspecified atom stereocenters. The fraction of sp³-hybridized carbons (Fsp3) is 0.500.